The van der Waals surface area contributed by atoms with Crippen LogP contribution in [0.5, 0.6) is 0 Å². The standard InChI is InChI=1S/C12H21N3/c1-3-6-13-12-14-7-8-15(12)11-5-4-10(2)9-11/h7-8,10-11H,3-6,9H2,1-2H3,(H,13,14). The zero-order valence-corrected chi connectivity index (χ0v) is 9.74. The molecule has 2 atom stereocenters. The topological polar surface area (TPSA) is 29.9 Å². The second-order valence-electron chi connectivity index (χ2n) is 4.66. The first-order valence-corrected chi connectivity index (χ1v) is 6.08. The van der Waals surface area contributed by atoms with Gasteiger partial charge < -0.3 is 9.88 Å². The third-order valence-electron chi connectivity index (χ3n) is 3.26. The highest BCUT2D eigenvalue weighted by molar-refractivity contribution is 5.26. The number of hydrogen-bond acceptors (Lipinski definition) is 2. The lowest BCUT2D eigenvalue weighted by atomic mass is 10.1. The predicted molar refractivity (Wildman–Crippen MR) is 63.1 cm³/mol. The van der Waals surface area contributed by atoms with Gasteiger partial charge in [0.2, 0.25) is 5.95 Å². The van der Waals surface area contributed by atoms with Crippen LogP contribution in [0.4, 0.5) is 5.95 Å². The van der Waals surface area contributed by atoms with Crippen LogP contribution < -0.4 is 5.32 Å². The Hall–Kier alpha value is -0.990. The number of aromatic nitrogens is 2. The van der Waals surface area contributed by atoms with Crippen LogP contribution in [0.15, 0.2) is 12.4 Å². The van der Waals surface area contributed by atoms with Crippen molar-refractivity contribution in [1.29, 1.82) is 0 Å². The number of anilines is 1. The Labute approximate surface area is 91.9 Å². The molecular weight excluding hydrogens is 186 g/mol. The lowest BCUT2D eigenvalue weighted by molar-refractivity contribution is 0.497. The van der Waals surface area contributed by atoms with Crippen LogP contribution in [-0.2, 0) is 0 Å². The summed E-state index contributed by atoms with van der Waals surface area (Å²) in [6.45, 7) is 5.54. The molecule has 1 heterocycles. The molecule has 15 heavy (non-hydrogen) atoms. The van der Waals surface area contributed by atoms with Gasteiger partial charge in [-0.2, -0.15) is 0 Å². The summed E-state index contributed by atoms with van der Waals surface area (Å²) in [5.74, 6) is 1.92. The van der Waals surface area contributed by atoms with E-state index in [9.17, 15) is 0 Å². The van der Waals surface area contributed by atoms with Crippen LogP contribution in [0, 0.1) is 5.92 Å². The molecule has 1 aromatic rings. The molecule has 1 saturated carbocycles. The Morgan fingerprint density at radius 1 is 1.53 bits per heavy atom. The summed E-state index contributed by atoms with van der Waals surface area (Å²) in [5.41, 5.74) is 0. The van der Waals surface area contributed by atoms with Crippen molar-refractivity contribution in [2.24, 2.45) is 5.92 Å². The number of rotatable bonds is 4. The van der Waals surface area contributed by atoms with E-state index in [1.807, 2.05) is 6.20 Å². The molecule has 0 radical (unpaired) electrons. The van der Waals surface area contributed by atoms with Gasteiger partial charge in [0.05, 0.1) is 0 Å². The van der Waals surface area contributed by atoms with Gasteiger partial charge in [-0.1, -0.05) is 13.8 Å². The highest BCUT2D eigenvalue weighted by Crippen LogP contribution is 2.35. The molecule has 0 bridgehead atoms. The van der Waals surface area contributed by atoms with Crippen LogP contribution in [-0.4, -0.2) is 16.1 Å². The van der Waals surface area contributed by atoms with Crippen molar-refractivity contribution in [2.75, 3.05) is 11.9 Å². The zero-order valence-electron chi connectivity index (χ0n) is 9.74. The molecule has 3 nitrogen and oxygen atoms in total. The molecule has 3 heteroatoms. The van der Waals surface area contributed by atoms with Crippen LogP contribution in [0.25, 0.3) is 0 Å². The molecule has 1 aromatic heterocycles. The normalized spacial score (nSPS) is 25.7. The zero-order chi connectivity index (χ0) is 10.7. The largest absolute Gasteiger partial charge is 0.356 e. The van der Waals surface area contributed by atoms with E-state index in [0.29, 0.717) is 6.04 Å². The fourth-order valence-electron chi connectivity index (χ4n) is 2.41. The average molecular weight is 207 g/mol. The Bertz CT molecular complexity index is 306. The first-order chi connectivity index (χ1) is 7.31. The molecule has 2 rings (SSSR count). The lowest BCUT2D eigenvalue weighted by Gasteiger charge is -2.15. The molecule has 1 N–H and O–H groups in total. The van der Waals surface area contributed by atoms with E-state index in [1.54, 1.807) is 0 Å². The fraction of sp³-hybridized carbons (Fsp3) is 0.750. The maximum absolute atomic E-state index is 4.38. The van der Waals surface area contributed by atoms with E-state index in [2.05, 4.69) is 34.9 Å². The maximum Gasteiger partial charge on any atom is 0.203 e. The minimum absolute atomic E-state index is 0.668. The molecule has 2 unspecified atom stereocenters. The van der Waals surface area contributed by atoms with E-state index >= 15 is 0 Å². The van der Waals surface area contributed by atoms with Gasteiger partial charge in [-0.15, -0.1) is 0 Å². The van der Waals surface area contributed by atoms with Gasteiger partial charge in [0.15, 0.2) is 0 Å². The molecule has 0 spiro atoms. The van der Waals surface area contributed by atoms with Crippen molar-refractivity contribution in [3.63, 3.8) is 0 Å². The molecule has 0 aromatic carbocycles. The third-order valence-corrected chi connectivity index (χ3v) is 3.26. The summed E-state index contributed by atoms with van der Waals surface area (Å²) >= 11 is 0. The Kier molecular flexibility index (Phi) is 3.29. The maximum atomic E-state index is 4.38. The van der Waals surface area contributed by atoms with Crippen molar-refractivity contribution in [2.45, 2.75) is 45.6 Å². The summed E-state index contributed by atoms with van der Waals surface area (Å²) in [4.78, 5) is 4.38. The minimum Gasteiger partial charge on any atom is -0.356 e. The molecule has 0 amide bonds. The minimum atomic E-state index is 0.668. The van der Waals surface area contributed by atoms with Crippen LogP contribution in [0.1, 0.15) is 45.6 Å². The third kappa shape index (κ3) is 2.33. The van der Waals surface area contributed by atoms with E-state index in [1.165, 1.54) is 19.3 Å². The van der Waals surface area contributed by atoms with Crippen molar-refractivity contribution in [3.8, 4) is 0 Å². The first kappa shape index (κ1) is 10.5. The molecule has 84 valence electrons. The predicted octanol–water partition coefficient (Wildman–Crippen LogP) is 3.07. The van der Waals surface area contributed by atoms with Crippen molar-refractivity contribution in [3.05, 3.63) is 12.4 Å². The van der Waals surface area contributed by atoms with Gasteiger partial charge in [-0.3, -0.25) is 0 Å². The second-order valence-corrected chi connectivity index (χ2v) is 4.66. The number of imidazole rings is 1. The monoisotopic (exact) mass is 207 g/mol. The van der Waals surface area contributed by atoms with Gasteiger partial charge in [0.25, 0.3) is 0 Å². The van der Waals surface area contributed by atoms with E-state index in [0.717, 1.165) is 24.8 Å². The van der Waals surface area contributed by atoms with E-state index in [4.69, 9.17) is 0 Å². The molecule has 0 saturated heterocycles. The van der Waals surface area contributed by atoms with Crippen molar-refractivity contribution < 1.29 is 0 Å². The number of hydrogen-bond donors (Lipinski definition) is 1. The lowest BCUT2D eigenvalue weighted by Crippen LogP contribution is -2.11. The van der Waals surface area contributed by atoms with Gasteiger partial charge >= 0.3 is 0 Å². The Morgan fingerprint density at radius 3 is 3.07 bits per heavy atom. The van der Waals surface area contributed by atoms with Crippen LogP contribution >= 0.6 is 0 Å². The number of nitrogens with one attached hydrogen (secondary N) is 1. The van der Waals surface area contributed by atoms with E-state index < -0.39 is 0 Å². The summed E-state index contributed by atoms with van der Waals surface area (Å²) in [5, 5.41) is 3.39. The molecular formula is C12H21N3. The van der Waals surface area contributed by atoms with Gasteiger partial charge in [-0.25, -0.2) is 4.98 Å². The van der Waals surface area contributed by atoms with E-state index in [-0.39, 0.29) is 0 Å². The highest BCUT2D eigenvalue weighted by Gasteiger charge is 2.23. The SMILES string of the molecule is CCCNc1nccn1C1CCC(C)C1. The molecule has 1 fully saturated rings. The molecule has 0 aliphatic heterocycles. The summed E-state index contributed by atoms with van der Waals surface area (Å²) in [6.07, 6.45) is 9.13. The van der Waals surface area contributed by atoms with Gasteiger partial charge in [-0.05, 0) is 31.6 Å². The smallest absolute Gasteiger partial charge is 0.203 e. The summed E-state index contributed by atoms with van der Waals surface area (Å²) < 4.78 is 2.32. The van der Waals surface area contributed by atoms with Crippen molar-refractivity contribution in [1.82, 2.24) is 9.55 Å². The highest BCUT2D eigenvalue weighted by atomic mass is 15.2. The van der Waals surface area contributed by atoms with Crippen LogP contribution in [0.2, 0.25) is 0 Å². The molecule has 1 aliphatic rings. The summed E-state index contributed by atoms with van der Waals surface area (Å²) in [6, 6.07) is 0.668. The fourth-order valence-corrected chi connectivity index (χ4v) is 2.41. The van der Waals surface area contributed by atoms with Gasteiger partial charge in [0.1, 0.15) is 0 Å². The average Bonchev–Trinajstić information content (AvgIpc) is 2.82. The van der Waals surface area contributed by atoms with Crippen LogP contribution in [0.3, 0.4) is 0 Å². The van der Waals surface area contributed by atoms with Crippen molar-refractivity contribution >= 4 is 5.95 Å². The quantitative estimate of drug-likeness (QED) is 0.822. The van der Waals surface area contributed by atoms with Gasteiger partial charge in [0, 0.05) is 25.0 Å². The Balaban J connectivity index is 2.04. The summed E-state index contributed by atoms with van der Waals surface area (Å²) in [7, 11) is 0. The Morgan fingerprint density at radius 2 is 2.40 bits per heavy atom. The molecule has 1 aliphatic carbocycles. The number of nitrogens with zero attached hydrogens (tertiary/aromatic N) is 2. The second kappa shape index (κ2) is 4.69. The first-order valence-electron chi connectivity index (χ1n) is 6.08.